The number of amides is 2. The van der Waals surface area contributed by atoms with Gasteiger partial charge in [-0.2, -0.15) is 13.2 Å². The molecule has 2 aromatic carbocycles. The van der Waals surface area contributed by atoms with Crippen LogP contribution in [0, 0.1) is 0 Å². The Morgan fingerprint density at radius 1 is 1.06 bits per heavy atom. The molecular formula is C22H22F3N3O2S. The molecule has 0 aliphatic carbocycles. The van der Waals surface area contributed by atoms with Crippen LogP contribution >= 0.6 is 11.3 Å². The molecule has 164 valence electrons. The lowest BCUT2D eigenvalue weighted by Gasteiger charge is -2.20. The van der Waals surface area contributed by atoms with E-state index in [4.69, 9.17) is 0 Å². The number of benzene rings is 2. The second-order valence-electron chi connectivity index (χ2n) is 8.12. The third-order valence-corrected chi connectivity index (χ3v) is 5.32. The number of hydrogen-bond acceptors (Lipinski definition) is 4. The molecule has 5 nitrogen and oxygen atoms in total. The molecule has 0 saturated carbocycles. The number of carbonyl (C=O) groups excluding carboxylic acids is 2. The van der Waals surface area contributed by atoms with E-state index in [-0.39, 0.29) is 29.3 Å². The van der Waals surface area contributed by atoms with Crippen molar-refractivity contribution in [3.05, 3.63) is 58.6 Å². The third kappa shape index (κ3) is 6.27. The van der Waals surface area contributed by atoms with Crippen molar-refractivity contribution in [1.82, 2.24) is 10.3 Å². The predicted octanol–water partition coefficient (Wildman–Crippen LogP) is 5.41. The quantitative estimate of drug-likeness (QED) is 0.547. The number of nitrogens with one attached hydrogen (secondary N) is 2. The number of aryl methyl sites for hydroxylation is 1. The lowest BCUT2D eigenvalue weighted by atomic mass is 10.1. The van der Waals surface area contributed by atoms with Gasteiger partial charge in [-0.05, 0) is 57.2 Å². The molecule has 0 fully saturated rings. The van der Waals surface area contributed by atoms with Gasteiger partial charge >= 0.3 is 6.18 Å². The number of anilines is 1. The van der Waals surface area contributed by atoms with Crippen molar-refractivity contribution in [3.8, 4) is 0 Å². The van der Waals surface area contributed by atoms with Crippen molar-refractivity contribution in [3.63, 3.8) is 0 Å². The van der Waals surface area contributed by atoms with E-state index in [1.165, 1.54) is 17.4 Å². The van der Waals surface area contributed by atoms with E-state index in [1.54, 1.807) is 24.3 Å². The second-order valence-corrected chi connectivity index (χ2v) is 9.24. The van der Waals surface area contributed by atoms with Crippen LogP contribution in [0.25, 0.3) is 10.2 Å². The van der Waals surface area contributed by atoms with Gasteiger partial charge in [0.15, 0.2) is 0 Å². The molecule has 0 unspecified atom stereocenters. The molecule has 0 aliphatic heterocycles. The first-order valence-corrected chi connectivity index (χ1v) is 10.4. The van der Waals surface area contributed by atoms with Crippen molar-refractivity contribution in [2.75, 3.05) is 5.32 Å². The molecule has 3 rings (SSSR count). The van der Waals surface area contributed by atoms with Gasteiger partial charge in [0.2, 0.25) is 5.91 Å². The van der Waals surface area contributed by atoms with Gasteiger partial charge in [0.1, 0.15) is 0 Å². The highest BCUT2D eigenvalue weighted by molar-refractivity contribution is 7.18. The van der Waals surface area contributed by atoms with Gasteiger partial charge in [0, 0.05) is 29.6 Å². The largest absolute Gasteiger partial charge is 0.416 e. The summed E-state index contributed by atoms with van der Waals surface area (Å²) >= 11 is 1.27. The van der Waals surface area contributed by atoms with Crippen LogP contribution in [0.5, 0.6) is 0 Å². The normalized spacial score (nSPS) is 12.1. The standard InChI is InChI=1S/C22H22F3N3O2S/c1-21(2,3)28-20(30)13-5-4-6-15(11-13)26-18(29)9-10-19-27-16-12-14(22(23,24)25)7-8-17(16)31-19/h4-8,11-12H,9-10H2,1-3H3,(H,26,29)(H,28,30). The van der Waals surface area contributed by atoms with Crippen molar-refractivity contribution in [1.29, 1.82) is 0 Å². The first-order chi connectivity index (χ1) is 14.4. The predicted molar refractivity (Wildman–Crippen MR) is 115 cm³/mol. The lowest BCUT2D eigenvalue weighted by molar-refractivity contribution is -0.137. The Morgan fingerprint density at radius 2 is 1.81 bits per heavy atom. The highest BCUT2D eigenvalue weighted by Gasteiger charge is 2.30. The highest BCUT2D eigenvalue weighted by atomic mass is 32.1. The Labute approximate surface area is 181 Å². The van der Waals surface area contributed by atoms with Crippen molar-refractivity contribution in [2.24, 2.45) is 0 Å². The number of carbonyl (C=O) groups is 2. The highest BCUT2D eigenvalue weighted by Crippen LogP contribution is 2.33. The topological polar surface area (TPSA) is 71.1 Å². The first kappa shape index (κ1) is 22.7. The van der Waals surface area contributed by atoms with E-state index in [2.05, 4.69) is 15.6 Å². The van der Waals surface area contributed by atoms with Crippen molar-refractivity contribution < 1.29 is 22.8 Å². The van der Waals surface area contributed by atoms with Crippen LogP contribution in [0.4, 0.5) is 18.9 Å². The molecule has 2 N–H and O–H groups in total. The minimum atomic E-state index is -4.42. The van der Waals surface area contributed by atoms with Gasteiger partial charge in [-0.1, -0.05) is 6.07 Å². The SMILES string of the molecule is CC(C)(C)NC(=O)c1cccc(NC(=O)CCc2nc3cc(C(F)(F)F)ccc3s2)c1. The molecule has 3 aromatic rings. The second kappa shape index (κ2) is 8.66. The fourth-order valence-electron chi connectivity index (χ4n) is 2.85. The molecule has 1 aromatic heterocycles. The molecule has 9 heteroatoms. The van der Waals surface area contributed by atoms with Crippen LogP contribution < -0.4 is 10.6 Å². The summed E-state index contributed by atoms with van der Waals surface area (Å²) in [7, 11) is 0. The summed E-state index contributed by atoms with van der Waals surface area (Å²) < 4.78 is 39.2. The zero-order valence-electron chi connectivity index (χ0n) is 17.3. The van der Waals surface area contributed by atoms with Gasteiger partial charge in [-0.3, -0.25) is 9.59 Å². The van der Waals surface area contributed by atoms with E-state index in [0.717, 1.165) is 12.1 Å². The van der Waals surface area contributed by atoms with Gasteiger partial charge in [0.05, 0.1) is 20.8 Å². The number of hydrogen-bond donors (Lipinski definition) is 2. The van der Waals surface area contributed by atoms with Gasteiger partial charge in [0.25, 0.3) is 5.91 Å². The minimum Gasteiger partial charge on any atom is -0.347 e. The molecule has 0 radical (unpaired) electrons. The summed E-state index contributed by atoms with van der Waals surface area (Å²) in [5.74, 6) is -0.514. The number of aromatic nitrogens is 1. The Morgan fingerprint density at radius 3 is 2.48 bits per heavy atom. The Hall–Kier alpha value is -2.94. The molecule has 2 amide bonds. The Balaban J connectivity index is 1.61. The molecule has 0 aliphatic rings. The van der Waals surface area contributed by atoms with Gasteiger partial charge in [-0.15, -0.1) is 11.3 Å². The van der Waals surface area contributed by atoms with Crippen LogP contribution in [0.1, 0.15) is 48.1 Å². The fourth-order valence-corrected chi connectivity index (χ4v) is 3.80. The average Bonchev–Trinajstić information content (AvgIpc) is 3.07. The van der Waals surface area contributed by atoms with Crippen LogP contribution in [0.3, 0.4) is 0 Å². The maximum absolute atomic E-state index is 12.8. The number of thiazole rings is 1. The maximum Gasteiger partial charge on any atom is 0.416 e. The molecule has 0 spiro atoms. The van der Waals surface area contributed by atoms with Crippen LogP contribution in [-0.2, 0) is 17.4 Å². The minimum absolute atomic E-state index is 0.115. The van der Waals surface area contributed by atoms with Crippen LogP contribution in [-0.4, -0.2) is 22.3 Å². The van der Waals surface area contributed by atoms with Crippen LogP contribution in [0.15, 0.2) is 42.5 Å². The molecule has 0 atom stereocenters. The number of halogens is 3. The Bertz CT molecular complexity index is 1120. The van der Waals surface area contributed by atoms with Crippen LogP contribution in [0.2, 0.25) is 0 Å². The average molecular weight is 449 g/mol. The van der Waals surface area contributed by atoms with Crippen molar-refractivity contribution in [2.45, 2.75) is 45.3 Å². The number of alkyl halides is 3. The van der Waals surface area contributed by atoms with Crippen molar-refractivity contribution >= 4 is 39.1 Å². The maximum atomic E-state index is 12.8. The zero-order valence-corrected chi connectivity index (χ0v) is 18.1. The number of nitrogens with zero attached hydrogens (tertiary/aromatic N) is 1. The van der Waals surface area contributed by atoms with E-state index >= 15 is 0 Å². The molecule has 1 heterocycles. The van der Waals surface area contributed by atoms with E-state index < -0.39 is 11.7 Å². The summed E-state index contributed by atoms with van der Waals surface area (Å²) in [4.78, 5) is 28.8. The molecular weight excluding hydrogens is 427 g/mol. The third-order valence-electron chi connectivity index (χ3n) is 4.22. The van der Waals surface area contributed by atoms with E-state index in [0.29, 0.717) is 27.4 Å². The summed E-state index contributed by atoms with van der Waals surface area (Å²) in [5, 5.41) is 6.19. The lowest BCUT2D eigenvalue weighted by Crippen LogP contribution is -2.40. The Kier molecular flexibility index (Phi) is 6.35. The summed E-state index contributed by atoms with van der Waals surface area (Å²) in [6, 6.07) is 10.1. The summed E-state index contributed by atoms with van der Waals surface area (Å²) in [6.45, 7) is 5.63. The molecule has 0 bridgehead atoms. The molecule has 0 saturated heterocycles. The zero-order chi connectivity index (χ0) is 22.8. The number of fused-ring (bicyclic) bond motifs is 1. The number of rotatable bonds is 5. The van der Waals surface area contributed by atoms with Gasteiger partial charge in [-0.25, -0.2) is 4.98 Å². The fraction of sp³-hybridized carbons (Fsp3) is 0.318. The smallest absolute Gasteiger partial charge is 0.347 e. The summed E-state index contributed by atoms with van der Waals surface area (Å²) in [5.41, 5.74) is 0.0665. The van der Waals surface area contributed by atoms with E-state index in [9.17, 15) is 22.8 Å². The molecule has 31 heavy (non-hydrogen) atoms. The first-order valence-electron chi connectivity index (χ1n) is 9.60. The van der Waals surface area contributed by atoms with E-state index in [1.807, 2.05) is 20.8 Å². The monoisotopic (exact) mass is 449 g/mol. The summed E-state index contributed by atoms with van der Waals surface area (Å²) in [6.07, 6.45) is -4.00. The van der Waals surface area contributed by atoms with Gasteiger partial charge < -0.3 is 10.6 Å².